The van der Waals surface area contributed by atoms with Gasteiger partial charge in [-0.05, 0) is 41.7 Å². The van der Waals surface area contributed by atoms with Gasteiger partial charge in [-0.25, -0.2) is 4.39 Å². The lowest BCUT2D eigenvalue weighted by atomic mass is 10.0. The zero-order valence-corrected chi connectivity index (χ0v) is 20.2. The Hall–Kier alpha value is -3.51. The zero-order chi connectivity index (χ0) is 24.9. The van der Waals surface area contributed by atoms with E-state index >= 15 is 0 Å². The maximum atomic E-state index is 13.6. The molecule has 184 valence electrons. The van der Waals surface area contributed by atoms with Gasteiger partial charge in [-0.15, -0.1) is 0 Å². The van der Waals surface area contributed by atoms with Gasteiger partial charge >= 0.3 is 0 Å². The number of benzene rings is 3. The molecule has 0 aliphatic carbocycles. The molecule has 35 heavy (non-hydrogen) atoms. The molecule has 0 radical (unpaired) electrons. The van der Waals surface area contributed by atoms with Crippen LogP contribution in [-0.2, 0) is 33.7 Å². The molecule has 0 bridgehead atoms. The molecule has 3 rings (SSSR count). The standard InChI is InChI=1S/C29H33FN2O3/c1-35-20-8-19-31-29(34)27(21-24-11-6-3-7-12-24)32(22-25-13-16-26(30)17-14-25)28(33)18-15-23-9-4-2-5-10-23/h2-7,9-14,16-17,27H,8,15,18-22H2,1H3,(H,31,34). The Morgan fingerprint density at radius 3 is 2.14 bits per heavy atom. The number of carbonyl (C=O) groups is 2. The van der Waals surface area contributed by atoms with Crippen LogP contribution in [0.15, 0.2) is 84.9 Å². The van der Waals surface area contributed by atoms with E-state index in [9.17, 15) is 14.0 Å². The number of carbonyl (C=O) groups excluding carboxylic acids is 2. The molecular formula is C29H33FN2O3. The van der Waals surface area contributed by atoms with Crippen molar-refractivity contribution in [3.8, 4) is 0 Å². The van der Waals surface area contributed by atoms with Gasteiger partial charge < -0.3 is 15.0 Å². The van der Waals surface area contributed by atoms with E-state index in [1.54, 1.807) is 24.1 Å². The predicted molar refractivity (Wildman–Crippen MR) is 135 cm³/mol. The highest BCUT2D eigenvalue weighted by molar-refractivity contribution is 5.88. The van der Waals surface area contributed by atoms with Gasteiger partial charge in [-0.2, -0.15) is 0 Å². The van der Waals surface area contributed by atoms with Crippen LogP contribution in [0.1, 0.15) is 29.5 Å². The van der Waals surface area contributed by atoms with Gasteiger partial charge in [0.1, 0.15) is 11.9 Å². The second kappa shape index (κ2) is 14.0. The van der Waals surface area contributed by atoms with Gasteiger partial charge in [0.05, 0.1) is 0 Å². The normalized spacial score (nSPS) is 11.6. The third kappa shape index (κ3) is 8.65. The average Bonchev–Trinajstić information content (AvgIpc) is 2.89. The first-order chi connectivity index (χ1) is 17.1. The molecule has 1 N–H and O–H groups in total. The molecule has 1 atom stereocenters. The molecule has 6 heteroatoms. The smallest absolute Gasteiger partial charge is 0.243 e. The van der Waals surface area contributed by atoms with Gasteiger partial charge in [0.15, 0.2) is 0 Å². The van der Waals surface area contributed by atoms with E-state index in [1.165, 1.54) is 12.1 Å². The summed E-state index contributed by atoms with van der Waals surface area (Å²) in [5, 5.41) is 2.97. The molecule has 3 aromatic carbocycles. The minimum absolute atomic E-state index is 0.119. The van der Waals surface area contributed by atoms with E-state index in [0.29, 0.717) is 32.4 Å². The van der Waals surface area contributed by atoms with Gasteiger partial charge in [-0.1, -0.05) is 72.8 Å². The number of aryl methyl sites for hydroxylation is 1. The molecule has 1 unspecified atom stereocenters. The van der Waals surface area contributed by atoms with Gasteiger partial charge in [-0.3, -0.25) is 9.59 Å². The summed E-state index contributed by atoms with van der Waals surface area (Å²) in [5.41, 5.74) is 2.79. The first kappa shape index (κ1) is 26.1. The summed E-state index contributed by atoms with van der Waals surface area (Å²) in [6.07, 6.45) is 1.91. The number of hydrogen-bond donors (Lipinski definition) is 1. The fraction of sp³-hybridized carbons (Fsp3) is 0.310. The molecule has 0 aliphatic heterocycles. The minimum atomic E-state index is -0.701. The van der Waals surface area contributed by atoms with E-state index in [1.807, 2.05) is 60.7 Å². The lowest BCUT2D eigenvalue weighted by Crippen LogP contribution is -2.50. The Morgan fingerprint density at radius 2 is 1.51 bits per heavy atom. The third-order valence-electron chi connectivity index (χ3n) is 5.83. The Labute approximate surface area is 206 Å². The summed E-state index contributed by atoms with van der Waals surface area (Å²) >= 11 is 0. The van der Waals surface area contributed by atoms with Gasteiger partial charge in [0, 0.05) is 39.6 Å². The molecular weight excluding hydrogens is 443 g/mol. The van der Waals surface area contributed by atoms with Gasteiger partial charge in [0.2, 0.25) is 11.8 Å². The van der Waals surface area contributed by atoms with E-state index in [-0.39, 0.29) is 30.6 Å². The number of methoxy groups -OCH3 is 1. The Balaban J connectivity index is 1.85. The molecule has 0 saturated carbocycles. The second-order valence-corrected chi connectivity index (χ2v) is 8.48. The molecule has 2 amide bonds. The van der Waals surface area contributed by atoms with E-state index in [0.717, 1.165) is 16.7 Å². The molecule has 5 nitrogen and oxygen atoms in total. The van der Waals surface area contributed by atoms with Crippen LogP contribution in [0, 0.1) is 5.82 Å². The van der Waals surface area contributed by atoms with Crippen molar-refractivity contribution in [2.45, 2.75) is 38.3 Å². The average molecular weight is 477 g/mol. The summed E-state index contributed by atoms with van der Waals surface area (Å²) < 4.78 is 18.6. The van der Waals surface area contributed by atoms with Crippen molar-refractivity contribution in [2.75, 3.05) is 20.3 Å². The molecule has 0 heterocycles. The molecule has 0 spiro atoms. The molecule has 3 aromatic rings. The maximum Gasteiger partial charge on any atom is 0.243 e. The highest BCUT2D eigenvalue weighted by Gasteiger charge is 2.30. The summed E-state index contributed by atoms with van der Waals surface area (Å²) in [6.45, 7) is 1.22. The SMILES string of the molecule is COCCCNC(=O)C(Cc1ccccc1)N(Cc1ccc(F)cc1)C(=O)CCc1ccccc1. The Kier molecular flexibility index (Phi) is 10.5. The largest absolute Gasteiger partial charge is 0.385 e. The first-order valence-electron chi connectivity index (χ1n) is 11.9. The van der Waals surface area contributed by atoms with Crippen molar-refractivity contribution in [3.63, 3.8) is 0 Å². The van der Waals surface area contributed by atoms with Crippen LogP contribution >= 0.6 is 0 Å². The number of nitrogens with zero attached hydrogens (tertiary/aromatic N) is 1. The number of halogens is 1. The van der Waals surface area contributed by atoms with Crippen LogP contribution in [0.2, 0.25) is 0 Å². The lowest BCUT2D eigenvalue weighted by Gasteiger charge is -2.31. The molecule has 0 aromatic heterocycles. The van der Waals surface area contributed by atoms with Crippen molar-refractivity contribution in [1.29, 1.82) is 0 Å². The molecule has 0 saturated heterocycles. The maximum absolute atomic E-state index is 13.6. The second-order valence-electron chi connectivity index (χ2n) is 8.48. The van der Waals surface area contributed by atoms with Crippen LogP contribution in [0.5, 0.6) is 0 Å². The zero-order valence-electron chi connectivity index (χ0n) is 20.2. The van der Waals surface area contributed by atoms with Crippen LogP contribution in [-0.4, -0.2) is 43.0 Å². The van der Waals surface area contributed by atoms with Gasteiger partial charge in [0.25, 0.3) is 0 Å². The summed E-state index contributed by atoms with van der Waals surface area (Å²) in [7, 11) is 1.62. The van der Waals surface area contributed by atoms with E-state index in [4.69, 9.17) is 4.74 Å². The summed E-state index contributed by atoms with van der Waals surface area (Å²) in [6, 6.07) is 24.8. The van der Waals surface area contributed by atoms with Crippen molar-refractivity contribution in [2.24, 2.45) is 0 Å². The summed E-state index contributed by atoms with van der Waals surface area (Å²) in [4.78, 5) is 28.6. The fourth-order valence-corrected chi connectivity index (χ4v) is 3.93. The molecule has 0 fully saturated rings. The number of rotatable bonds is 13. The number of nitrogens with one attached hydrogen (secondary N) is 1. The van der Waals surface area contributed by atoms with Crippen LogP contribution < -0.4 is 5.32 Å². The van der Waals surface area contributed by atoms with Crippen molar-refractivity contribution in [3.05, 3.63) is 107 Å². The molecule has 0 aliphatic rings. The van der Waals surface area contributed by atoms with Crippen LogP contribution in [0.3, 0.4) is 0 Å². The Bertz CT molecular complexity index is 1040. The number of amides is 2. The highest BCUT2D eigenvalue weighted by Crippen LogP contribution is 2.17. The third-order valence-corrected chi connectivity index (χ3v) is 5.83. The lowest BCUT2D eigenvalue weighted by molar-refractivity contribution is -0.141. The summed E-state index contributed by atoms with van der Waals surface area (Å²) in [5.74, 6) is -0.668. The highest BCUT2D eigenvalue weighted by atomic mass is 19.1. The number of ether oxygens (including phenoxy) is 1. The van der Waals surface area contributed by atoms with Crippen LogP contribution in [0.4, 0.5) is 4.39 Å². The minimum Gasteiger partial charge on any atom is -0.385 e. The van der Waals surface area contributed by atoms with Crippen molar-refractivity contribution < 1.29 is 18.7 Å². The fourth-order valence-electron chi connectivity index (χ4n) is 3.93. The van der Waals surface area contributed by atoms with E-state index < -0.39 is 6.04 Å². The van der Waals surface area contributed by atoms with Crippen LogP contribution in [0.25, 0.3) is 0 Å². The van der Waals surface area contributed by atoms with Crippen molar-refractivity contribution in [1.82, 2.24) is 10.2 Å². The van der Waals surface area contributed by atoms with E-state index in [2.05, 4.69) is 5.32 Å². The Morgan fingerprint density at radius 1 is 0.886 bits per heavy atom. The first-order valence-corrected chi connectivity index (χ1v) is 11.9. The predicted octanol–water partition coefficient (Wildman–Crippen LogP) is 4.55. The number of hydrogen-bond acceptors (Lipinski definition) is 3. The monoisotopic (exact) mass is 476 g/mol. The van der Waals surface area contributed by atoms with Crippen molar-refractivity contribution >= 4 is 11.8 Å². The quantitative estimate of drug-likeness (QED) is 0.368. The topological polar surface area (TPSA) is 58.6 Å².